The summed E-state index contributed by atoms with van der Waals surface area (Å²) in [6.07, 6.45) is 0. The van der Waals surface area contributed by atoms with Gasteiger partial charge in [-0.3, -0.25) is 4.79 Å². The molecule has 0 saturated carbocycles. The van der Waals surface area contributed by atoms with Crippen LogP contribution in [-0.2, 0) is 0 Å². The number of ether oxygens (including phenoxy) is 1. The van der Waals surface area contributed by atoms with Gasteiger partial charge in [0.25, 0.3) is 5.56 Å². The van der Waals surface area contributed by atoms with Crippen molar-refractivity contribution < 1.29 is 13.5 Å². The largest absolute Gasteiger partial charge is 0.481 e. The summed E-state index contributed by atoms with van der Waals surface area (Å²) < 4.78 is 35.0. The second-order valence-corrected chi connectivity index (χ2v) is 5.70. The van der Waals surface area contributed by atoms with Crippen LogP contribution < -0.4 is 10.3 Å². The van der Waals surface area contributed by atoms with Crippen molar-refractivity contribution in [3.63, 3.8) is 0 Å². The minimum absolute atomic E-state index is 0.0944. The minimum atomic E-state index is -0.812. The first-order valence-electron chi connectivity index (χ1n) is 7.49. The van der Waals surface area contributed by atoms with Crippen LogP contribution in [0, 0.1) is 11.8 Å². The Balaban J connectivity index is 2.48. The lowest BCUT2D eigenvalue weighted by Crippen LogP contribution is -2.26. The predicted octanol–water partition coefficient (Wildman–Crippen LogP) is 3.80. The zero-order chi connectivity index (χ0) is 17.4. The highest BCUT2D eigenvalue weighted by Crippen LogP contribution is 2.28. The quantitative estimate of drug-likeness (QED) is 0.686. The molecule has 4 nitrogen and oxygen atoms in total. The maximum absolute atomic E-state index is 15.1. The number of aromatic nitrogens is 2. The molecule has 0 spiro atoms. The molecule has 0 aliphatic carbocycles. The Morgan fingerprint density at radius 3 is 2.38 bits per heavy atom. The van der Waals surface area contributed by atoms with Gasteiger partial charge in [-0.05, 0) is 23.4 Å². The maximum atomic E-state index is 15.1. The summed E-state index contributed by atoms with van der Waals surface area (Å²) in [7, 11) is 1.36. The summed E-state index contributed by atoms with van der Waals surface area (Å²) in [5.41, 5.74) is -0.318. The smallest absolute Gasteiger partial charge is 0.266 e. The maximum Gasteiger partial charge on any atom is 0.266 e. The number of methoxy groups -OCH3 is 1. The fourth-order valence-corrected chi connectivity index (χ4v) is 2.77. The van der Waals surface area contributed by atoms with Crippen LogP contribution in [0.15, 0.2) is 41.2 Å². The van der Waals surface area contributed by atoms with E-state index in [-0.39, 0.29) is 11.8 Å². The van der Waals surface area contributed by atoms with Crippen LogP contribution in [0.3, 0.4) is 0 Å². The van der Waals surface area contributed by atoms with Crippen LogP contribution >= 0.6 is 0 Å². The summed E-state index contributed by atoms with van der Waals surface area (Å²) in [6, 6.07) is 9.11. The molecular weight excluding hydrogens is 314 g/mol. The first-order valence-corrected chi connectivity index (χ1v) is 7.49. The SMILES string of the molecule is COc1ccc(F)c(-n2c(F)c(C(C)C)c3ccccc3c2=O)n1. The topological polar surface area (TPSA) is 44.1 Å². The molecule has 0 atom stereocenters. The van der Waals surface area contributed by atoms with Gasteiger partial charge in [-0.15, -0.1) is 0 Å². The fraction of sp³-hybridized carbons (Fsp3) is 0.222. The first-order chi connectivity index (χ1) is 11.5. The fourth-order valence-electron chi connectivity index (χ4n) is 2.77. The van der Waals surface area contributed by atoms with Crippen LogP contribution in [0.4, 0.5) is 8.78 Å². The number of pyridine rings is 2. The average Bonchev–Trinajstić information content (AvgIpc) is 2.56. The van der Waals surface area contributed by atoms with Gasteiger partial charge in [0.1, 0.15) is 0 Å². The number of hydrogen-bond acceptors (Lipinski definition) is 3. The Morgan fingerprint density at radius 2 is 1.75 bits per heavy atom. The first kappa shape index (κ1) is 16.1. The lowest BCUT2D eigenvalue weighted by Gasteiger charge is -2.16. The molecule has 0 aliphatic rings. The number of halogens is 2. The van der Waals surface area contributed by atoms with Crippen molar-refractivity contribution in [3.05, 3.63) is 64.1 Å². The van der Waals surface area contributed by atoms with Crippen LogP contribution in [0.5, 0.6) is 5.88 Å². The van der Waals surface area contributed by atoms with Gasteiger partial charge in [-0.25, -0.2) is 8.96 Å². The van der Waals surface area contributed by atoms with Gasteiger partial charge in [0.05, 0.1) is 7.11 Å². The molecule has 2 heterocycles. The Kier molecular flexibility index (Phi) is 4.05. The molecule has 124 valence electrons. The molecule has 3 aromatic rings. The monoisotopic (exact) mass is 330 g/mol. The molecule has 3 rings (SSSR count). The molecule has 0 unspecified atom stereocenters. The molecule has 0 bridgehead atoms. The molecule has 2 aromatic heterocycles. The van der Waals surface area contributed by atoms with E-state index >= 15 is 4.39 Å². The highest BCUT2D eigenvalue weighted by molar-refractivity contribution is 5.85. The Hall–Kier alpha value is -2.76. The Bertz CT molecular complexity index is 981. The lowest BCUT2D eigenvalue weighted by atomic mass is 9.98. The van der Waals surface area contributed by atoms with E-state index in [1.807, 2.05) is 13.8 Å². The Morgan fingerprint density at radius 1 is 1.08 bits per heavy atom. The number of nitrogens with zero attached hydrogens (tertiary/aromatic N) is 2. The third kappa shape index (κ3) is 2.44. The van der Waals surface area contributed by atoms with E-state index in [0.29, 0.717) is 20.9 Å². The molecule has 1 aromatic carbocycles. The molecule has 0 fully saturated rings. The normalized spacial score (nSPS) is 11.2. The Labute approximate surface area is 137 Å². The predicted molar refractivity (Wildman–Crippen MR) is 87.9 cm³/mol. The molecular formula is C18H16F2N2O2. The number of benzene rings is 1. The van der Waals surface area contributed by atoms with Crippen molar-refractivity contribution in [2.45, 2.75) is 19.8 Å². The van der Waals surface area contributed by atoms with E-state index in [1.165, 1.54) is 13.2 Å². The lowest BCUT2D eigenvalue weighted by molar-refractivity contribution is 0.393. The number of rotatable bonds is 3. The van der Waals surface area contributed by atoms with Gasteiger partial charge in [0.2, 0.25) is 11.8 Å². The molecule has 0 radical (unpaired) electrons. The van der Waals surface area contributed by atoms with Crippen molar-refractivity contribution in [2.24, 2.45) is 0 Å². The highest BCUT2D eigenvalue weighted by atomic mass is 19.1. The molecule has 24 heavy (non-hydrogen) atoms. The summed E-state index contributed by atoms with van der Waals surface area (Å²) in [4.78, 5) is 16.7. The molecule has 0 N–H and O–H groups in total. The van der Waals surface area contributed by atoms with Crippen molar-refractivity contribution >= 4 is 10.8 Å². The van der Waals surface area contributed by atoms with Crippen LogP contribution in [-0.4, -0.2) is 16.7 Å². The second-order valence-electron chi connectivity index (χ2n) is 5.70. The average molecular weight is 330 g/mol. The van der Waals surface area contributed by atoms with Crippen molar-refractivity contribution in [3.8, 4) is 11.7 Å². The van der Waals surface area contributed by atoms with E-state index in [4.69, 9.17) is 4.74 Å². The van der Waals surface area contributed by atoms with E-state index in [1.54, 1.807) is 24.3 Å². The second kappa shape index (κ2) is 6.03. The van der Waals surface area contributed by atoms with Gasteiger partial charge >= 0.3 is 0 Å². The summed E-state index contributed by atoms with van der Waals surface area (Å²) >= 11 is 0. The molecule has 0 saturated heterocycles. The number of fused-ring (bicyclic) bond motifs is 1. The highest BCUT2D eigenvalue weighted by Gasteiger charge is 2.22. The van der Waals surface area contributed by atoms with E-state index in [0.717, 1.165) is 6.07 Å². The van der Waals surface area contributed by atoms with Crippen molar-refractivity contribution in [1.29, 1.82) is 0 Å². The summed E-state index contributed by atoms with van der Waals surface area (Å²) in [5.74, 6) is -2.13. The van der Waals surface area contributed by atoms with Gasteiger partial charge in [0, 0.05) is 17.0 Å². The van der Waals surface area contributed by atoms with Gasteiger partial charge < -0.3 is 4.74 Å². The zero-order valence-corrected chi connectivity index (χ0v) is 13.5. The van der Waals surface area contributed by atoms with E-state index in [2.05, 4.69) is 4.98 Å². The van der Waals surface area contributed by atoms with Crippen molar-refractivity contribution in [1.82, 2.24) is 9.55 Å². The number of hydrogen-bond donors (Lipinski definition) is 0. The van der Waals surface area contributed by atoms with E-state index in [9.17, 15) is 9.18 Å². The van der Waals surface area contributed by atoms with Gasteiger partial charge in [0.15, 0.2) is 11.6 Å². The summed E-state index contributed by atoms with van der Waals surface area (Å²) in [6.45, 7) is 3.63. The van der Waals surface area contributed by atoms with Crippen LogP contribution in [0.2, 0.25) is 0 Å². The summed E-state index contributed by atoms with van der Waals surface area (Å²) in [5, 5.41) is 0.834. The molecule has 6 heteroatoms. The van der Waals surface area contributed by atoms with E-state index < -0.39 is 23.1 Å². The third-order valence-corrected chi connectivity index (χ3v) is 3.87. The van der Waals surface area contributed by atoms with Crippen LogP contribution in [0.25, 0.3) is 16.6 Å². The third-order valence-electron chi connectivity index (χ3n) is 3.87. The van der Waals surface area contributed by atoms with Crippen LogP contribution in [0.1, 0.15) is 25.3 Å². The zero-order valence-electron chi connectivity index (χ0n) is 13.5. The standard InChI is InChI=1S/C18H16F2N2O2/c1-10(2)15-11-6-4-5-7-12(11)18(23)22(16(15)20)17-13(19)8-9-14(21-17)24-3/h4-10H,1-3H3. The van der Waals surface area contributed by atoms with Gasteiger partial charge in [-0.2, -0.15) is 9.37 Å². The van der Waals surface area contributed by atoms with Gasteiger partial charge in [-0.1, -0.05) is 32.0 Å². The van der Waals surface area contributed by atoms with Crippen molar-refractivity contribution in [2.75, 3.05) is 7.11 Å². The minimum Gasteiger partial charge on any atom is -0.481 e. The molecule has 0 aliphatic heterocycles. The molecule has 0 amide bonds.